The summed E-state index contributed by atoms with van der Waals surface area (Å²) in [6.07, 6.45) is 0.801. The Labute approximate surface area is 114 Å². The summed E-state index contributed by atoms with van der Waals surface area (Å²) < 4.78 is 10.7. The van der Waals surface area contributed by atoms with Crippen molar-refractivity contribution >= 4 is 11.7 Å². The Morgan fingerprint density at radius 3 is 2.53 bits per heavy atom. The summed E-state index contributed by atoms with van der Waals surface area (Å²) >= 11 is 0. The summed E-state index contributed by atoms with van der Waals surface area (Å²) in [5.41, 5.74) is 6.82. The highest BCUT2D eigenvalue weighted by molar-refractivity contribution is 5.90. The highest BCUT2D eigenvalue weighted by atomic mass is 16.5. The van der Waals surface area contributed by atoms with Crippen molar-refractivity contribution in [1.82, 2.24) is 0 Å². The number of rotatable bonds is 6. The van der Waals surface area contributed by atoms with Gasteiger partial charge in [0.1, 0.15) is 5.75 Å². The SMILES string of the molecule is CC(C)CCOc1cc(C(=O)OC(C)C)ccc1N. The molecule has 0 aromatic heterocycles. The van der Waals surface area contributed by atoms with Crippen LogP contribution in [0, 0.1) is 5.92 Å². The largest absolute Gasteiger partial charge is 0.491 e. The van der Waals surface area contributed by atoms with Gasteiger partial charge in [-0.1, -0.05) is 13.8 Å². The fraction of sp³-hybridized carbons (Fsp3) is 0.533. The number of hydrogen-bond acceptors (Lipinski definition) is 4. The summed E-state index contributed by atoms with van der Waals surface area (Å²) in [6.45, 7) is 8.47. The van der Waals surface area contributed by atoms with Gasteiger partial charge in [0.2, 0.25) is 0 Å². The lowest BCUT2D eigenvalue weighted by Crippen LogP contribution is -2.12. The highest BCUT2D eigenvalue weighted by Gasteiger charge is 2.12. The Hall–Kier alpha value is -1.71. The van der Waals surface area contributed by atoms with Gasteiger partial charge in [0.25, 0.3) is 0 Å². The summed E-state index contributed by atoms with van der Waals surface area (Å²) in [5, 5.41) is 0. The lowest BCUT2D eigenvalue weighted by molar-refractivity contribution is 0.0377. The molecule has 1 aromatic rings. The molecule has 0 saturated heterocycles. The average molecular weight is 265 g/mol. The number of esters is 1. The number of nitrogens with two attached hydrogens (primary N) is 1. The van der Waals surface area contributed by atoms with Gasteiger partial charge in [-0.3, -0.25) is 0 Å². The Balaban J connectivity index is 2.73. The Kier molecular flexibility index (Phi) is 5.67. The van der Waals surface area contributed by atoms with Crippen LogP contribution in [-0.4, -0.2) is 18.7 Å². The molecule has 0 spiro atoms. The third-order valence-corrected chi connectivity index (χ3v) is 2.54. The molecule has 0 amide bonds. The number of hydrogen-bond donors (Lipinski definition) is 1. The molecule has 4 heteroatoms. The van der Waals surface area contributed by atoms with Crippen LogP contribution in [0.2, 0.25) is 0 Å². The van der Waals surface area contributed by atoms with Crippen LogP contribution in [0.25, 0.3) is 0 Å². The average Bonchev–Trinajstić information content (AvgIpc) is 2.30. The first kappa shape index (κ1) is 15.3. The van der Waals surface area contributed by atoms with Crippen molar-refractivity contribution in [2.75, 3.05) is 12.3 Å². The van der Waals surface area contributed by atoms with Crippen molar-refractivity contribution in [3.8, 4) is 5.75 Å². The monoisotopic (exact) mass is 265 g/mol. The minimum absolute atomic E-state index is 0.143. The maximum atomic E-state index is 11.8. The van der Waals surface area contributed by atoms with E-state index in [1.165, 1.54) is 0 Å². The zero-order valence-corrected chi connectivity index (χ0v) is 12.1. The zero-order chi connectivity index (χ0) is 14.4. The molecule has 19 heavy (non-hydrogen) atoms. The van der Waals surface area contributed by atoms with Gasteiger partial charge in [-0.2, -0.15) is 0 Å². The molecule has 0 radical (unpaired) electrons. The van der Waals surface area contributed by atoms with Crippen molar-refractivity contribution < 1.29 is 14.3 Å². The van der Waals surface area contributed by atoms with E-state index in [-0.39, 0.29) is 12.1 Å². The van der Waals surface area contributed by atoms with E-state index >= 15 is 0 Å². The van der Waals surface area contributed by atoms with Gasteiger partial charge >= 0.3 is 5.97 Å². The van der Waals surface area contributed by atoms with Crippen molar-refractivity contribution in [2.45, 2.75) is 40.2 Å². The number of carbonyl (C=O) groups excluding carboxylic acids is 1. The quantitative estimate of drug-likeness (QED) is 0.633. The van der Waals surface area contributed by atoms with E-state index in [1.807, 2.05) is 13.8 Å². The topological polar surface area (TPSA) is 61.5 Å². The molecule has 0 aliphatic rings. The third-order valence-electron chi connectivity index (χ3n) is 2.54. The summed E-state index contributed by atoms with van der Waals surface area (Å²) in [5.74, 6) is 0.748. The number of nitrogen functional groups attached to an aromatic ring is 1. The van der Waals surface area contributed by atoms with Crippen LogP contribution >= 0.6 is 0 Å². The Morgan fingerprint density at radius 1 is 1.26 bits per heavy atom. The Morgan fingerprint density at radius 2 is 1.95 bits per heavy atom. The first-order valence-electron chi connectivity index (χ1n) is 6.63. The van der Waals surface area contributed by atoms with Crippen molar-refractivity contribution in [3.05, 3.63) is 23.8 Å². The summed E-state index contributed by atoms with van der Waals surface area (Å²) in [4.78, 5) is 11.8. The van der Waals surface area contributed by atoms with E-state index < -0.39 is 0 Å². The predicted molar refractivity (Wildman–Crippen MR) is 76.4 cm³/mol. The van der Waals surface area contributed by atoms with E-state index in [0.717, 1.165) is 6.42 Å². The molecule has 1 aromatic carbocycles. The molecular formula is C15H23NO3. The molecule has 0 fully saturated rings. The van der Waals surface area contributed by atoms with Gasteiger partial charge in [-0.05, 0) is 44.4 Å². The van der Waals surface area contributed by atoms with Crippen molar-refractivity contribution in [2.24, 2.45) is 5.92 Å². The van der Waals surface area contributed by atoms with Gasteiger partial charge < -0.3 is 15.2 Å². The fourth-order valence-electron chi connectivity index (χ4n) is 1.47. The van der Waals surface area contributed by atoms with Crippen LogP contribution < -0.4 is 10.5 Å². The highest BCUT2D eigenvalue weighted by Crippen LogP contribution is 2.24. The van der Waals surface area contributed by atoms with E-state index in [4.69, 9.17) is 15.2 Å². The molecule has 1 rings (SSSR count). The molecule has 0 atom stereocenters. The molecular weight excluding hydrogens is 242 g/mol. The second-order valence-electron chi connectivity index (χ2n) is 5.24. The molecule has 106 valence electrons. The molecule has 0 aliphatic carbocycles. The van der Waals surface area contributed by atoms with Gasteiger partial charge in [0.05, 0.1) is 24.0 Å². The maximum absolute atomic E-state index is 11.8. The predicted octanol–water partition coefficient (Wildman–Crippen LogP) is 3.26. The fourth-order valence-corrected chi connectivity index (χ4v) is 1.47. The van der Waals surface area contributed by atoms with E-state index in [0.29, 0.717) is 29.5 Å². The van der Waals surface area contributed by atoms with Gasteiger partial charge in [0, 0.05) is 0 Å². The number of anilines is 1. The van der Waals surface area contributed by atoms with Crippen LogP contribution in [0.15, 0.2) is 18.2 Å². The maximum Gasteiger partial charge on any atom is 0.338 e. The summed E-state index contributed by atoms with van der Waals surface area (Å²) in [7, 11) is 0. The minimum atomic E-state index is -0.358. The normalized spacial score (nSPS) is 10.8. The first-order chi connectivity index (χ1) is 8.90. The second kappa shape index (κ2) is 7.02. The summed E-state index contributed by atoms with van der Waals surface area (Å²) in [6, 6.07) is 4.96. The van der Waals surface area contributed by atoms with E-state index in [2.05, 4.69) is 13.8 Å². The smallest absolute Gasteiger partial charge is 0.338 e. The third kappa shape index (κ3) is 5.20. The zero-order valence-electron chi connectivity index (χ0n) is 12.1. The number of benzene rings is 1. The lowest BCUT2D eigenvalue weighted by atomic mass is 10.1. The van der Waals surface area contributed by atoms with Crippen molar-refractivity contribution in [3.63, 3.8) is 0 Å². The van der Waals surface area contributed by atoms with Crippen LogP contribution in [-0.2, 0) is 4.74 Å². The van der Waals surface area contributed by atoms with Gasteiger partial charge in [-0.15, -0.1) is 0 Å². The van der Waals surface area contributed by atoms with E-state index in [9.17, 15) is 4.79 Å². The van der Waals surface area contributed by atoms with E-state index in [1.54, 1.807) is 18.2 Å². The second-order valence-corrected chi connectivity index (χ2v) is 5.24. The number of carbonyl (C=O) groups is 1. The minimum Gasteiger partial charge on any atom is -0.491 e. The van der Waals surface area contributed by atoms with Gasteiger partial charge in [0.15, 0.2) is 0 Å². The van der Waals surface area contributed by atoms with Crippen LogP contribution in [0.1, 0.15) is 44.5 Å². The van der Waals surface area contributed by atoms with Crippen molar-refractivity contribution in [1.29, 1.82) is 0 Å². The lowest BCUT2D eigenvalue weighted by Gasteiger charge is -2.12. The molecule has 4 nitrogen and oxygen atoms in total. The molecule has 2 N–H and O–H groups in total. The van der Waals surface area contributed by atoms with Crippen LogP contribution in [0.4, 0.5) is 5.69 Å². The van der Waals surface area contributed by atoms with Crippen LogP contribution in [0.3, 0.4) is 0 Å². The molecule has 0 heterocycles. The molecule has 0 bridgehead atoms. The number of ether oxygens (including phenoxy) is 2. The van der Waals surface area contributed by atoms with Crippen LogP contribution in [0.5, 0.6) is 5.75 Å². The first-order valence-corrected chi connectivity index (χ1v) is 6.63. The Bertz CT molecular complexity index is 427. The van der Waals surface area contributed by atoms with Gasteiger partial charge in [-0.25, -0.2) is 4.79 Å². The molecule has 0 unspecified atom stereocenters. The molecule has 0 saturated carbocycles. The molecule has 0 aliphatic heterocycles. The standard InChI is InChI=1S/C15H23NO3/c1-10(2)7-8-18-14-9-12(5-6-13(14)16)15(17)19-11(3)4/h5-6,9-11H,7-8,16H2,1-4H3.